The van der Waals surface area contributed by atoms with Crippen LogP contribution in [-0.4, -0.2) is 11.4 Å². The summed E-state index contributed by atoms with van der Waals surface area (Å²) in [6, 6.07) is 0. The van der Waals surface area contributed by atoms with Crippen LogP contribution in [0.25, 0.3) is 0 Å². The Bertz CT molecular complexity index is 360. The summed E-state index contributed by atoms with van der Waals surface area (Å²) in [6.45, 7) is 11.4. The van der Waals surface area contributed by atoms with Crippen LogP contribution in [0.5, 0.6) is 0 Å². The van der Waals surface area contributed by atoms with Crippen LogP contribution in [0, 0.1) is 23.2 Å². The molecule has 2 rings (SSSR count). The Morgan fingerprint density at radius 2 is 1.67 bits per heavy atom. The third-order valence-electron chi connectivity index (χ3n) is 4.64. The van der Waals surface area contributed by atoms with Crippen molar-refractivity contribution in [2.45, 2.75) is 66.7 Å². The minimum Gasteiger partial charge on any atom is -0.160 e. The third-order valence-corrected chi connectivity index (χ3v) is 4.64. The lowest BCUT2D eigenvalue weighted by Crippen LogP contribution is -2.39. The molecule has 0 aromatic heterocycles. The smallest absolute Gasteiger partial charge is 0.0496 e. The van der Waals surface area contributed by atoms with Crippen molar-refractivity contribution in [1.82, 2.24) is 0 Å². The minimum atomic E-state index is 0.165. The first-order valence-electron chi connectivity index (χ1n) is 7.52. The molecule has 1 saturated carbocycles. The SMILES string of the molecule is CC1=NN=C(C(C)(C)C)C2CCCC(C)CCC12. The fourth-order valence-corrected chi connectivity index (χ4v) is 3.51. The van der Waals surface area contributed by atoms with Crippen LogP contribution in [0.1, 0.15) is 66.7 Å². The molecule has 3 atom stereocenters. The monoisotopic (exact) mass is 248 g/mol. The number of nitrogens with zero attached hydrogens (tertiary/aromatic N) is 2. The van der Waals surface area contributed by atoms with Gasteiger partial charge in [-0.3, -0.25) is 0 Å². The summed E-state index contributed by atoms with van der Waals surface area (Å²) >= 11 is 0. The molecule has 2 heteroatoms. The molecule has 1 fully saturated rings. The maximum atomic E-state index is 4.56. The molecule has 0 saturated heterocycles. The van der Waals surface area contributed by atoms with Crippen molar-refractivity contribution < 1.29 is 0 Å². The van der Waals surface area contributed by atoms with Gasteiger partial charge in [-0.15, -0.1) is 0 Å². The predicted molar refractivity (Wildman–Crippen MR) is 79.2 cm³/mol. The number of hydrogen-bond acceptors (Lipinski definition) is 2. The zero-order valence-electron chi connectivity index (χ0n) is 12.7. The van der Waals surface area contributed by atoms with Crippen LogP contribution in [0.2, 0.25) is 0 Å². The van der Waals surface area contributed by atoms with Crippen LogP contribution in [0.15, 0.2) is 10.2 Å². The van der Waals surface area contributed by atoms with Crippen molar-refractivity contribution in [3.05, 3.63) is 0 Å². The molecule has 0 bridgehead atoms. The van der Waals surface area contributed by atoms with Crippen LogP contribution < -0.4 is 0 Å². The Kier molecular flexibility index (Phi) is 3.93. The number of rotatable bonds is 0. The standard InChI is InChI=1S/C16H28N2/c1-11-7-6-8-14-13(10-9-11)12(2)17-18-15(14)16(3,4)5/h11,13-14H,6-10H2,1-5H3. The Balaban J connectivity index is 2.25. The van der Waals surface area contributed by atoms with Gasteiger partial charge in [0.1, 0.15) is 0 Å². The van der Waals surface area contributed by atoms with Gasteiger partial charge in [-0.25, -0.2) is 0 Å². The molecule has 2 nitrogen and oxygen atoms in total. The highest BCUT2D eigenvalue weighted by atomic mass is 15.2. The summed E-state index contributed by atoms with van der Waals surface area (Å²) in [5.41, 5.74) is 2.77. The first-order valence-corrected chi connectivity index (χ1v) is 7.52. The second kappa shape index (κ2) is 5.14. The third kappa shape index (κ3) is 2.84. The van der Waals surface area contributed by atoms with Crippen molar-refractivity contribution >= 4 is 11.4 Å². The highest BCUT2D eigenvalue weighted by Gasteiger charge is 2.37. The molecule has 0 aromatic carbocycles. The van der Waals surface area contributed by atoms with Gasteiger partial charge in [0, 0.05) is 28.7 Å². The van der Waals surface area contributed by atoms with Crippen LogP contribution in [0.4, 0.5) is 0 Å². The Morgan fingerprint density at radius 1 is 0.944 bits per heavy atom. The van der Waals surface area contributed by atoms with Crippen molar-refractivity contribution in [2.24, 2.45) is 33.4 Å². The van der Waals surface area contributed by atoms with E-state index in [4.69, 9.17) is 0 Å². The van der Waals surface area contributed by atoms with Gasteiger partial charge in [-0.2, -0.15) is 10.2 Å². The van der Waals surface area contributed by atoms with Gasteiger partial charge in [0.05, 0.1) is 0 Å². The summed E-state index contributed by atoms with van der Waals surface area (Å²) in [5.74, 6) is 2.19. The summed E-state index contributed by atoms with van der Waals surface area (Å²) in [6.07, 6.45) is 6.70. The summed E-state index contributed by atoms with van der Waals surface area (Å²) in [4.78, 5) is 0. The largest absolute Gasteiger partial charge is 0.160 e. The van der Waals surface area contributed by atoms with Crippen molar-refractivity contribution in [3.8, 4) is 0 Å². The molecule has 0 aromatic rings. The van der Waals surface area contributed by atoms with Crippen molar-refractivity contribution in [2.75, 3.05) is 0 Å². The maximum absolute atomic E-state index is 4.56. The van der Waals surface area contributed by atoms with Crippen LogP contribution in [0.3, 0.4) is 0 Å². The van der Waals surface area contributed by atoms with E-state index in [9.17, 15) is 0 Å². The molecule has 1 aliphatic carbocycles. The number of fused-ring (bicyclic) bond motifs is 1. The lowest BCUT2D eigenvalue weighted by atomic mass is 9.69. The van der Waals surface area contributed by atoms with Crippen LogP contribution >= 0.6 is 0 Å². The molecule has 1 aliphatic heterocycles. The molecule has 18 heavy (non-hydrogen) atoms. The van der Waals surface area contributed by atoms with E-state index in [1.807, 2.05) is 0 Å². The van der Waals surface area contributed by atoms with E-state index < -0.39 is 0 Å². The minimum absolute atomic E-state index is 0.165. The van der Waals surface area contributed by atoms with Gasteiger partial charge in [0.15, 0.2) is 0 Å². The highest BCUT2D eigenvalue weighted by Crippen LogP contribution is 2.38. The number of hydrogen-bond donors (Lipinski definition) is 0. The Labute approximate surface area is 112 Å². The van der Waals surface area contributed by atoms with Gasteiger partial charge < -0.3 is 0 Å². The summed E-state index contributed by atoms with van der Waals surface area (Å²) in [5, 5.41) is 9.03. The average Bonchev–Trinajstić information content (AvgIpc) is 2.23. The molecule has 0 radical (unpaired) electrons. The van der Waals surface area contributed by atoms with E-state index in [1.54, 1.807) is 0 Å². The molecular formula is C16H28N2. The molecule has 3 unspecified atom stereocenters. The lowest BCUT2D eigenvalue weighted by Gasteiger charge is -2.38. The molecular weight excluding hydrogens is 220 g/mol. The van der Waals surface area contributed by atoms with Crippen LogP contribution in [-0.2, 0) is 0 Å². The molecule has 1 heterocycles. The van der Waals surface area contributed by atoms with E-state index in [2.05, 4.69) is 44.8 Å². The topological polar surface area (TPSA) is 24.7 Å². The van der Waals surface area contributed by atoms with E-state index in [-0.39, 0.29) is 5.41 Å². The van der Waals surface area contributed by atoms with Gasteiger partial charge in [-0.05, 0) is 25.7 Å². The highest BCUT2D eigenvalue weighted by molar-refractivity contribution is 5.99. The molecule has 0 amide bonds. The van der Waals surface area contributed by atoms with Crippen molar-refractivity contribution in [1.29, 1.82) is 0 Å². The van der Waals surface area contributed by atoms with Gasteiger partial charge >= 0.3 is 0 Å². The molecule has 0 N–H and O–H groups in total. The zero-order chi connectivity index (χ0) is 13.3. The Morgan fingerprint density at radius 3 is 2.33 bits per heavy atom. The second-order valence-electron chi connectivity index (χ2n) is 7.30. The quantitative estimate of drug-likeness (QED) is 0.594. The van der Waals surface area contributed by atoms with Gasteiger partial charge in [-0.1, -0.05) is 47.0 Å². The van der Waals surface area contributed by atoms with E-state index >= 15 is 0 Å². The van der Waals surface area contributed by atoms with E-state index in [0.29, 0.717) is 11.8 Å². The summed E-state index contributed by atoms with van der Waals surface area (Å²) in [7, 11) is 0. The molecule has 102 valence electrons. The second-order valence-corrected chi connectivity index (χ2v) is 7.30. The van der Waals surface area contributed by atoms with E-state index in [0.717, 1.165) is 5.92 Å². The average molecular weight is 248 g/mol. The Hall–Kier alpha value is -0.660. The van der Waals surface area contributed by atoms with Gasteiger partial charge in [0.2, 0.25) is 0 Å². The lowest BCUT2D eigenvalue weighted by molar-refractivity contribution is 0.321. The van der Waals surface area contributed by atoms with Gasteiger partial charge in [0.25, 0.3) is 0 Å². The maximum Gasteiger partial charge on any atom is 0.0496 e. The fourth-order valence-electron chi connectivity index (χ4n) is 3.51. The molecule has 2 aliphatic rings. The zero-order valence-corrected chi connectivity index (χ0v) is 12.7. The van der Waals surface area contributed by atoms with E-state index in [1.165, 1.54) is 43.5 Å². The normalized spacial score (nSPS) is 33.9. The molecule has 0 spiro atoms. The first kappa shape index (κ1) is 13.8. The fraction of sp³-hybridized carbons (Fsp3) is 0.875. The van der Waals surface area contributed by atoms with Crippen molar-refractivity contribution in [3.63, 3.8) is 0 Å². The predicted octanol–water partition coefficient (Wildman–Crippen LogP) is 4.70. The first-order chi connectivity index (χ1) is 8.39. The summed E-state index contributed by atoms with van der Waals surface area (Å²) < 4.78 is 0.